The van der Waals surface area contributed by atoms with E-state index >= 15 is 0 Å². The number of halogens is 2. The molecule has 0 saturated carbocycles. The molecule has 5 nitrogen and oxygen atoms in total. The summed E-state index contributed by atoms with van der Waals surface area (Å²) >= 11 is 0. The van der Waals surface area contributed by atoms with Crippen molar-refractivity contribution in [3.05, 3.63) is 71.9 Å². The van der Waals surface area contributed by atoms with Crippen LogP contribution in [0.15, 0.2) is 60.8 Å². The van der Waals surface area contributed by atoms with Crippen LogP contribution in [0.3, 0.4) is 0 Å². The molecule has 0 aliphatic carbocycles. The van der Waals surface area contributed by atoms with E-state index in [-0.39, 0.29) is 42.5 Å². The predicted molar refractivity (Wildman–Crippen MR) is 118 cm³/mol. The number of aromatic nitrogens is 1. The predicted octanol–water partition coefficient (Wildman–Crippen LogP) is 3.82. The van der Waals surface area contributed by atoms with E-state index in [1.165, 1.54) is 0 Å². The lowest BCUT2D eigenvalue weighted by atomic mass is 9.89. The van der Waals surface area contributed by atoms with E-state index in [1.54, 1.807) is 12.3 Å². The smallest absolute Gasteiger partial charge is 0.258 e. The molecule has 2 saturated heterocycles. The van der Waals surface area contributed by atoms with E-state index in [0.717, 1.165) is 24.0 Å². The Morgan fingerprint density at radius 3 is 2.62 bits per heavy atom. The molecule has 1 aromatic heterocycles. The highest BCUT2D eigenvalue weighted by Gasteiger charge is 2.47. The lowest BCUT2D eigenvalue weighted by Crippen LogP contribution is -2.34. The monoisotopic (exact) mass is 431 g/mol. The average molecular weight is 432 g/mol. The van der Waals surface area contributed by atoms with Gasteiger partial charge in [-0.3, -0.25) is 9.78 Å². The van der Waals surface area contributed by atoms with Gasteiger partial charge >= 0.3 is 0 Å². The lowest BCUT2D eigenvalue weighted by Gasteiger charge is -2.29. The van der Waals surface area contributed by atoms with Gasteiger partial charge in [-0.1, -0.05) is 42.5 Å². The number of rotatable bonds is 2. The summed E-state index contributed by atoms with van der Waals surface area (Å²) in [5, 5.41) is 15.0. The summed E-state index contributed by atoms with van der Waals surface area (Å²) < 4.78 is 0. The summed E-state index contributed by atoms with van der Waals surface area (Å²) in [5.41, 5.74) is 1.95. The normalized spacial score (nSPS) is 22.6. The third-order valence-electron chi connectivity index (χ3n) is 5.94. The number of aromatic hydroxyl groups is 1. The molecule has 0 unspecified atom stereocenters. The number of carbonyl (C=O) groups is 1. The molecule has 3 atom stereocenters. The van der Waals surface area contributed by atoms with Crippen LogP contribution < -0.4 is 5.32 Å². The quantitative estimate of drug-likeness (QED) is 0.647. The first-order valence-electron chi connectivity index (χ1n) is 9.37. The van der Waals surface area contributed by atoms with Crippen LogP contribution in [-0.2, 0) is 0 Å². The average Bonchev–Trinajstić information content (AvgIpc) is 3.30. The molecule has 2 aromatic carbocycles. The standard InChI is InChI=1S/C22H21N3O2.2ClH/c26-21-17(9-8-14-7-4-10-24-19(14)21)22(27)25-13-16-11-23-12-18(16)20(25)15-5-2-1-3-6-15;;/h1-10,16,18,20,23,26H,11-13H2;2*1H/t16-,18-,20+;;/m0../s1. The number of amides is 1. The van der Waals surface area contributed by atoms with E-state index < -0.39 is 0 Å². The zero-order chi connectivity index (χ0) is 18.4. The number of phenolic OH excluding ortho intramolecular Hbond substituents is 1. The molecule has 5 rings (SSSR count). The van der Waals surface area contributed by atoms with Gasteiger partial charge in [-0.05, 0) is 23.6 Å². The Bertz CT molecular complexity index is 1020. The number of hydrogen-bond donors (Lipinski definition) is 2. The van der Waals surface area contributed by atoms with Crippen LogP contribution >= 0.6 is 24.8 Å². The Labute approximate surface area is 182 Å². The van der Waals surface area contributed by atoms with Gasteiger partial charge in [0.25, 0.3) is 5.91 Å². The molecule has 1 amide bonds. The minimum atomic E-state index is -0.122. The molecule has 3 aromatic rings. The zero-order valence-electron chi connectivity index (χ0n) is 15.7. The van der Waals surface area contributed by atoms with Crippen molar-refractivity contribution in [2.75, 3.05) is 19.6 Å². The largest absolute Gasteiger partial charge is 0.505 e. The highest BCUT2D eigenvalue weighted by atomic mass is 35.5. The second-order valence-corrected chi connectivity index (χ2v) is 7.43. The summed E-state index contributed by atoms with van der Waals surface area (Å²) in [6.07, 6.45) is 1.63. The highest BCUT2D eigenvalue weighted by Crippen LogP contribution is 2.44. The Balaban J connectivity index is 0.00000120. The Morgan fingerprint density at radius 2 is 1.83 bits per heavy atom. The van der Waals surface area contributed by atoms with Gasteiger partial charge < -0.3 is 15.3 Å². The minimum absolute atomic E-state index is 0. The van der Waals surface area contributed by atoms with Crippen LogP contribution in [0.2, 0.25) is 0 Å². The number of hydrogen-bond acceptors (Lipinski definition) is 4. The van der Waals surface area contributed by atoms with Crippen LogP contribution in [0, 0.1) is 11.8 Å². The number of fused-ring (bicyclic) bond motifs is 2. The molecule has 0 radical (unpaired) electrons. The van der Waals surface area contributed by atoms with Gasteiger partial charge in [0, 0.05) is 37.1 Å². The van der Waals surface area contributed by atoms with Crippen LogP contribution in [0.25, 0.3) is 10.9 Å². The number of likely N-dealkylation sites (tertiary alicyclic amines) is 1. The fraction of sp³-hybridized carbons (Fsp3) is 0.273. The maximum atomic E-state index is 13.4. The van der Waals surface area contributed by atoms with Crippen molar-refractivity contribution < 1.29 is 9.90 Å². The number of phenols is 1. The third-order valence-corrected chi connectivity index (χ3v) is 5.94. The number of pyridine rings is 1. The summed E-state index contributed by atoms with van der Waals surface area (Å²) in [6, 6.07) is 17.5. The van der Waals surface area contributed by atoms with Gasteiger partial charge in [0.2, 0.25) is 0 Å². The van der Waals surface area contributed by atoms with Crippen LogP contribution in [0.4, 0.5) is 0 Å². The molecule has 152 valence electrons. The summed E-state index contributed by atoms with van der Waals surface area (Å²) in [5.74, 6) is 0.695. The second-order valence-electron chi connectivity index (χ2n) is 7.43. The topological polar surface area (TPSA) is 65.5 Å². The van der Waals surface area contributed by atoms with Crippen molar-refractivity contribution in [2.45, 2.75) is 6.04 Å². The van der Waals surface area contributed by atoms with Crippen LogP contribution in [-0.4, -0.2) is 40.5 Å². The molecule has 2 aliphatic rings. The maximum absolute atomic E-state index is 13.4. The van der Waals surface area contributed by atoms with Crippen molar-refractivity contribution in [2.24, 2.45) is 11.8 Å². The van der Waals surface area contributed by atoms with Crippen molar-refractivity contribution in [3.63, 3.8) is 0 Å². The van der Waals surface area contributed by atoms with Gasteiger partial charge in [0.1, 0.15) is 5.52 Å². The summed E-state index contributed by atoms with van der Waals surface area (Å²) in [4.78, 5) is 19.6. The first-order valence-corrected chi connectivity index (χ1v) is 9.37. The SMILES string of the molecule is Cl.Cl.O=C(c1ccc2cccnc2c1O)N1C[C@@H]2CNC[C@@H]2[C@H]1c1ccccc1. The number of benzene rings is 2. The van der Waals surface area contributed by atoms with E-state index in [4.69, 9.17) is 0 Å². The number of carbonyl (C=O) groups excluding carboxylic acids is 1. The Kier molecular flexibility index (Phi) is 6.32. The molecule has 3 heterocycles. The Morgan fingerprint density at radius 1 is 1.03 bits per heavy atom. The highest BCUT2D eigenvalue weighted by molar-refractivity contribution is 6.02. The molecule has 2 N–H and O–H groups in total. The molecule has 7 heteroatoms. The molecule has 29 heavy (non-hydrogen) atoms. The molecule has 2 fully saturated rings. The van der Waals surface area contributed by atoms with Crippen molar-refractivity contribution in [1.29, 1.82) is 0 Å². The molecular formula is C22H23Cl2N3O2. The van der Waals surface area contributed by atoms with Crippen LogP contribution in [0.1, 0.15) is 22.0 Å². The molecular weight excluding hydrogens is 409 g/mol. The Hall–Kier alpha value is -2.34. The summed E-state index contributed by atoms with van der Waals surface area (Å²) in [7, 11) is 0. The third kappa shape index (κ3) is 3.54. The maximum Gasteiger partial charge on any atom is 0.258 e. The van der Waals surface area contributed by atoms with E-state index in [0.29, 0.717) is 29.5 Å². The first kappa shape index (κ1) is 21.4. The van der Waals surface area contributed by atoms with Gasteiger partial charge in [-0.15, -0.1) is 24.8 Å². The second kappa shape index (κ2) is 8.57. The fourth-order valence-corrected chi connectivity index (χ4v) is 4.66. The van der Waals surface area contributed by atoms with Gasteiger partial charge in [-0.25, -0.2) is 0 Å². The molecule has 0 spiro atoms. The molecule has 2 aliphatic heterocycles. The van der Waals surface area contributed by atoms with E-state index in [9.17, 15) is 9.90 Å². The number of nitrogens with zero attached hydrogens (tertiary/aromatic N) is 2. The minimum Gasteiger partial charge on any atom is -0.505 e. The zero-order valence-corrected chi connectivity index (χ0v) is 17.3. The lowest BCUT2D eigenvalue weighted by molar-refractivity contribution is 0.0711. The first-order chi connectivity index (χ1) is 13.2. The summed E-state index contributed by atoms with van der Waals surface area (Å²) in [6.45, 7) is 2.55. The number of nitrogens with one attached hydrogen (secondary N) is 1. The van der Waals surface area contributed by atoms with Crippen molar-refractivity contribution >= 4 is 41.6 Å². The van der Waals surface area contributed by atoms with E-state index in [1.807, 2.05) is 41.3 Å². The van der Waals surface area contributed by atoms with Crippen molar-refractivity contribution in [1.82, 2.24) is 15.2 Å². The van der Waals surface area contributed by atoms with Gasteiger partial charge in [-0.2, -0.15) is 0 Å². The van der Waals surface area contributed by atoms with Crippen LogP contribution in [0.5, 0.6) is 5.75 Å². The van der Waals surface area contributed by atoms with Gasteiger partial charge in [0.15, 0.2) is 5.75 Å². The van der Waals surface area contributed by atoms with Gasteiger partial charge in [0.05, 0.1) is 11.6 Å². The van der Waals surface area contributed by atoms with E-state index in [2.05, 4.69) is 22.4 Å². The fourth-order valence-electron chi connectivity index (χ4n) is 4.66. The van der Waals surface area contributed by atoms with Crippen molar-refractivity contribution in [3.8, 4) is 5.75 Å². The molecule has 0 bridgehead atoms.